The number of hydrogen-bond donors (Lipinski definition) is 0. The fourth-order valence-corrected chi connectivity index (χ4v) is 7.98. The topological polar surface area (TPSA) is 31.2 Å². The van der Waals surface area contributed by atoms with Crippen LogP contribution in [0.5, 0.6) is 0 Å². The van der Waals surface area contributed by atoms with Crippen molar-refractivity contribution >= 4 is 65.7 Å². The van der Waals surface area contributed by atoms with Gasteiger partial charge in [-0.1, -0.05) is 115 Å². The first kappa shape index (κ1) is 28.0. The Balaban J connectivity index is 0.995. The van der Waals surface area contributed by atoms with E-state index in [9.17, 15) is 0 Å². The molecule has 3 aromatic heterocycles. The molecule has 11 rings (SSSR count). The van der Waals surface area contributed by atoms with E-state index in [1.54, 1.807) is 0 Å². The minimum atomic E-state index is 0.913. The SMILES string of the molecule is c1cc(-c2ccc3oc4ccccc4c3c2)cc(-c2ccc3c(c2)c2ccccc2n3-c2ccc(-c3cccc4c3oc3ccccc34)cc2)c1. The van der Waals surface area contributed by atoms with Crippen LogP contribution in [0.15, 0.2) is 185 Å². The molecule has 0 bridgehead atoms. The van der Waals surface area contributed by atoms with Gasteiger partial charge in [-0.15, -0.1) is 0 Å². The van der Waals surface area contributed by atoms with E-state index in [1.807, 2.05) is 24.3 Å². The van der Waals surface area contributed by atoms with Gasteiger partial charge in [0.25, 0.3) is 0 Å². The number of rotatable bonds is 4. The predicted molar refractivity (Wildman–Crippen MR) is 212 cm³/mol. The van der Waals surface area contributed by atoms with Gasteiger partial charge in [0.15, 0.2) is 0 Å². The van der Waals surface area contributed by atoms with Crippen molar-refractivity contribution in [3.63, 3.8) is 0 Å². The van der Waals surface area contributed by atoms with E-state index < -0.39 is 0 Å². The van der Waals surface area contributed by atoms with Gasteiger partial charge < -0.3 is 13.4 Å². The van der Waals surface area contributed by atoms with Gasteiger partial charge in [-0.3, -0.25) is 0 Å². The summed E-state index contributed by atoms with van der Waals surface area (Å²) in [5, 5.41) is 7.04. The summed E-state index contributed by atoms with van der Waals surface area (Å²) in [7, 11) is 0. The van der Waals surface area contributed by atoms with Gasteiger partial charge in [0, 0.05) is 43.6 Å². The number of nitrogens with zero attached hydrogens (tertiary/aromatic N) is 1. The van der Waals surface area contributed by atoms with Gasteiger partial charge >= 0.3 is 0 Å². The second kappa shape index (κ2) is 10.8. The zero-order valence-electron chi connectivity index (χ0n) is 27.5. The number of aromatic nitrogens is 1. The third kappa shape index (κ3) is 4.32. The number of para-hydroxylation sites is 4. The molecule has 0 spiro atoms. The molecule has 3 nitrogen and oxygen atoms in total. The molecule has 0 aliphatic rings. The fourth-order valence-electron chi connectivity index (χ4n) is 7.98. The van der Waals surface area contributed by atoms with Gasteiger partial charge in [-0.2, -0.15) is 0 Å². The van der Waals surface area contributed by atoms with Crippen molar-refractivity contribution < 1.29 is 8.83 Å². The maximum Gasteiger partial charge on any atom is 0.143 e. The Bertz CT molecular complexity index is 3140. The highest BCUT2D eigenvalue weighted by Gasteiger charge is 2.16. The summed E-state index contributed by atoms with van der Waals surface area (Å²) in [5.41, 5.74) is 14.1. The highest BCUT2D eigenvalue weighted by molar-refractivity contribution is 6.12. The van der Waals surface area contributed by atoms with E-state index in [4.69, 9.17) is 8.83 Å². The molecule has 0 aliphatic carbocycles. The molecule has 3 heteroatoms. The summed E-state index contributed by atoms with van der Waals surface area (Å²) in [6, 6.07) is 62.7. The molecule has 3 heterocycles. The molecule has 0 N–H and O–H groups in total. The third-order valence-electron chi connectivity index (χ3n) is 10.4. The molecule has 11 aromatic rings. The molecule has 0 saturated heterocycles. The first-order valence-electron chi connectivity index (χ1n) is 17.3. The molecule has 0 atom stereocenters. The third-order valence-corrected chi connectivity index (χ3v) is 10.4. The largest absolute Gasteiger partial charge is 0.456 e. The van der Waals surface area contributed by atoms with Gasteiger partial charge in [0.05, 0.1) is 11.0 Å². The molecule has 0 aliphatic heterocycles. The van der Waals surface area contributed by atoms with E-state index in [0.29, 0.717) is 0 Å². The van der Waals surface area contributed by atoms with Gasteiger partial charge in [-0.05, 0) is 88.5 Å². The Hall–Kier alpha value is -6.84. The Labute approximate surface area is 293 Å². The quantitative estimate of drug-likeness (QED) is 0.190. The Morgan fingerprint density at radius 3 is 1.67 bits per heavy atom. The van der Waals surface area contributed by atoms with Gasteiger partial charge in [-0.25, -0.2) is 0 Å². The van der Waals surface area contributed by atoms with E-state index in [2.05, 4.69) is 156 Å². The summed E-state index contributed by atoms with van der Waals surface area (Å²) >= 11 is 0. The molecular weight excluding hydrogens is 623 g/mol. The lowest BCUT2D eigenvalue weighted by Crippen LogP contribution is -1.93. The normalized spacial score (nSPS) is 11.9. The molecule has 238 valence electrons. The van der Waals surface area contributed by atoms with Crippen LogP contribution in [0.4, 0.5) is 0 Å². The number of fused-ring (bicyclic) bond motifs is 9. The zero-order valence-corrected chi connectivity index (χ0v) is 27.5. The average molecular weight is 652 g/mol. The Morgan fingerprint density at radius 2 is 0.863 bits per heavy atom. The minimum Gasteiger partial charge on any atom is -0.456 e. The lowest BCUT2D eigenvalue weighted by atomic mass is 9.97. The highest BCUT2D eigenvalue weighted by Crippen LogP contribution is 2.39. The summed E-state index contributed by atoms with van der Waals surface area (Å²) in [4.78, 5) is 0. The minimum absolute atomic E-state index is 0.913. The first-order valence-corrected chi connectivity index (χ1v) is 17.3. The smallest absolute Gasteiger partial charge is 0.143 e. The van der Waals surface area contributed by atoms with Crippen LogP contribution in [0.2, 0.25) is 0 Å². The summed E-state index contributed by atoms with van der Waals surface area (Å²) in [6.45, 7) is 0. The molecule has 0 radical (unpaired) electrons. The maximum absolute atomic E-state index is 6.36. The van der Waals surface area contributed by atoms with Crippen molar-refractivity contribution in [3.05, 3.63) is 176 Å². The van der Waals surface area contributed by atoms with Gasteiger partial charge in [0.1, 0.15) is 22.3 Å². The van der Waals surface area contributed by atoms with Crippen LogP contribution < -0.4 is 0 Å². The second-order valence-corrected chi connectivity index (χ2v) is 13.3. The van der Waals surface area contributed by atoms with Crippen molar-refractivity contribution in [1.29, 1.82) is 0 Å². The van der Waals surface area contributed by atoms with Crippen LogP contribution in [0.1, 0.15) is 0 Å². The van der Waals surface area contributed by atoms with Crippen LogP contribution in [0.25, 0.3) is 105 Å². The van der Waals surface area contributed by atoms with Crippen molar-refractivity contribution in [3.8, 4) is 39.1 Å². The molecule has 0 unspecified atom stereocenters. The van der Waals surface area contributed by atoms with E-state index in [1.165, 1.54) is 44.1 Å². The first-order chi connectivity index (χ1) is 25.3. The highest BCUT2D eigenvalue weighted by atomic mass is 16.3. The summed E-state index contributed by atoms with van der Waals surface area (Å²) in [5.74, 6) is 0. The number of furan rings is 2. The Morgan fingerprint density at radius 1 is 0.314 bits per heavy atom. The lowest BCUT2D eigenvalue weighted by molar-refractivity contribution is 0.669. The molecular formula is C48H29NO2. The van der Waals surface area contributed by atoms with Crippen molar-refractivity contribution in [2.24, 2.45) is 0 Å². The predicted octanol–water partition coefficient (Wildman–Crippen LogP) is 13.6. The van der Waals surface area contributed by atoms with Crippen molar-refractivity contribution in [2.75, 3.05) is 0 Å². The van der Waals surface area contributed by atoms with E-state index >= 15 is 0 Å². The van der Waals surface area contributed by atoms with Crippen molar-refractivity contribution in [1.82, 2.24) is 4.57 Å². The maximum atomic E-state index is 6.36. The van der Waals surface area contributed by atoms with Crippen molar-refractivity contribution in [2.45, 2.75) is 0 Å². The molecule has 0 fully saturated rings. The van der Waals surface area contributed by atoms with E-state index in [-0.39, 0.29) is 0 Å². The standard InChI is InChI=1S/C48H29NO2/c1-4-16-43-37(11-1)41-28-33(31-9-7-10-32(27-31)34-22-26-47-42(29-34)39-13-3-5-17-45(39)50-47)21-25-44(41)49(43)35-23-19-30(20-24-35)36-14-8-15-40-38-12-2-6-18-46(38)51-48(36)40/h1-29H. The zero-order chi connectivity index (χ0) is 33.5. The molecule has 51 heavy (non-hydrogen) atoms. The van der Waals surface area contributed by atoms with Crippen LogP contribution in [-0.2, 0) is 0 Å². The van der Waals surface area contributed by atoms with Crippen LogP contribution >= 0.6 is 0 Å². The van der Waals surface area contributed by atoms with Crippen LogP contribution in [0, 0.1) is 0 Å². The summed E-state index contributed by atoms with van der Waals surface area (Å²) in [6.07, 6.45) is 0. The van der Waals surface area contributed by atoms with Crippen LogP contribution in [-0.4, -0.2) is 4.57 Å². The molecule has 0 saturated carbocycles. The van der Waals surface area contributed by atoms with Gasteiger partial charge in [0.2, 0.25) is 0 Å². The van der Waals surface area contributed by atoms with Crippen LogP contribution in [0.3, 0.4) is 0 Å². The molecule has 0 amide bonds. The van der Waals surface area contributed by atoms with E-state index in [0.717, 1.165) is 60.7 Å². The average Bonchev–Trinajstić information content (AvgIpc) is 3.87. The lowest BCUT2D eigenvalue weighted by Gasteiger charge is -2.10. The number of benzene rings is 8. The number of hydrogen-bond acceptors (Lipinski definition) is 2. The Kier molecular flexibility index (Phi) is 5.96. The summed E-state index contributed by atoms with van der Waals surface area (Å²) < 4.78 is 14.8. The second-order valence-electron chi connectivity index (χ2n) is 13.3. The molecule has 8 aromatic carbocycles. The fraction of sp³-hybridized carbons (Fsp3) is 0. The monoisotopic (exact) mass is 651 g/mol.